The van der Waals surface area contributed by atoms with E-state index in [4.69, 9.17) is 18.9 Å². The number of benzene rings is 3. The van der Waals surface area contributed by atoms with Gasteiger partial charge >= 0.3 is 0 Å². The second-order valence-corrected chi connectivity index (χ2v) is 9.29. The summed E-state index contributed by atoms with van der Waals surface area (Å²) in [6, 6.07) is 19.4. The van der Waals surface area contributed by atoms with Gasteiger partial charge in [0.25, 0.3) is 11.7 Å². The van der Waals surface area contributed by atoms with Crippen LogP contribution in [0.5, 0.6) is 17.2 Å². The number of hydrogen-bond donors (Lipinski definition) is 1. The van der Waals surface area contributed by atoms with Gasteiger partial charge in [-0.15, -0.1) is 0 Å². The summed E-state index contributed by atoms with van der Waals surface area (Å²) in [7, 11) is 1.53. The van der Waals surface area contributed by atoms with Gasteiger partial charge in [-0.3, -0.25) is 9.59 Å². The van der Waals surface area contributed by atoms with Crippen LogP contribution in [0.2, 0.25) is 0 Å². The van der Waals surface area contributed by atoms with Crippen molar-refractivity contribution in [1.82, 2.24) is 4.90 Å². The van der Waals surface area contributed by atoms with Crippen molar-refractivity contribution in [3.8, 4) is 17.2 Å². The largest absolute Gasteiger partial charge is 0.507 e. The van der Waals surface area contributed by atoms with Gasteiger partial charge in [-0.1, -0.05) is 36.4 Å². The molecule has 40 heavy (non-hydrogen) atoms. The number of aryl methyl sites for hydroxylation is 1. The summed E-state index contributed by atoms with van der Waals surface area (Å²) in [5, 5.41) is 11.5. The van der Waals surface area contributed by atoms with Crippen LogP contribution < -0.4 is 14.2 Å². The molecule has 210 valence electrons. The molecule has 0 aliphatic carbocycles. The van der Waals surface area contributed by atoms with Gasteiger partial charge in [0.05, 0.1) is 37.0 Å². The Labute approximate surface area is 234 Å². The first kappa shape index (κ1) is 28.7. The molecule has 1 heterocycles. The second-order valence-electron chi connectivity index (χ2n) is 9.29. The Hall–Kier alpha value is -4.30. The topological polar surface area (TPSA) is 94.5 Å². The second kappa shape index (κ2) is 13.2. The summed E-state index contributed by atoms with van der Waals surface area (Å²) < 4.78 is 22.5. The van der Waals surface area contributed by atoms with Crippen molar-refractivity contribution in [1.29, 1.82) is 0 Å². The third-order valence-electron chi connectivity index (χ3n) is 6.75. The van der Waals surface area contributed by atoms with Gasteiger partial charge in [0, 0.05) is 19.7 Å². The molecule has 3 aromatic rings. The smallest absolute Gasteiger partial charge is 0.295 e. The van der Waals surface area contributed by atoms with Crippen molar-refractivity contribution >= 4 is 17.4 Å². The van der Waals surface area contributed by atoms with E-state index in [1.165, 1.54) is 12.0 Å². The summed E-state index contributed by atoms with van der Waals surface area (Å²) in [6.45, 7) is 7.35. The third-order valence-corrected chi connectivity index (χ3v) is 6.75. The number of aliphatic hydroxyl groups excluding tert-OH is 1. The minimum absolute atomic E-state index is 0.0141. The van der Waals surface area contributed by atoms with Crippen LogP contribution in [-0.4, -0.2) is 55.2 Å². The number of Topliss-reactive ketones (excluding diaryl/α,β-unsaturated/α-hetero) is 1. The molecule has 1 aliphatic heterocycles. The molecule has 0 spiro atoms. The van der Waals surface area contributed by atoms with Crippen LogP contribution in [0.25, 0.3) is 5.76 Å². The van der Waals surface area contributed by atoms with E-state index in [0.29, 0.717) is 48.2 Å². The number of methoxy groups -OCH3 is 1. The number of hydrogen-bond acceptors (Lipinski definition) is 7. The Balaban J connectivity index is 1.72. The molecule has 1 N–H and O–H groups in total. The molecule has 8 nitrogen and oxygen atoms in total. The SMILES string of the molecule is CCOc1ccc(/C(O)=C2/C(=O)C(=O)N(CCOC)C2c2ccc(OCc3ccccc3C)cc2)c(OCC)c1. The Kier molecular flexibility index (Phi) is 9.45. The van der Waals surface area contributed by atoms with Crippen LogP contribution in [0.3, 0.4) is 0 Å². The van der Waals surface area contributed by atoms with Crippen LogP contribution >= 0.6 is 0 Å². The van der Waals surface area contributed by atoms with Crippen LogP contribution in [-0.2, 0) is 20.9 Å². The lowest BCUT2D eigenvalue weighted by Crippen LogP contribution is -2.32. The van der Waals surface area contributed by atoms with E-state index in [1.807, 2.05) is 45.0 Å². The van der Waals surface area contributed by atoms with Gasteiger partial charge in [-0.25, -0.2) is 0 Å². The first-order valence-electron chi connectivity index (χ1n) is 13.3. The maximum absolute atomic E-state index is 13.3. The van der Waals surface area contributed by atoms with Crippen molar-refractivity contribution in [2.45, 2.75) is 33.4 Å². The zero-order valence-corrected chi connectivity index (χ0v) is 23.3. The van der Waals surface area contributed by atoms with Crippen molar-refractivity contribution in [3.63, 3.8) is 0 Å². The maximum Gasteiger partial charge on any atom is 0.295 e. The molecule has 8 heteroatoms. The minimum atomic E-state index is -0.818. The normalized spacial score (nSPS) is 16.3. The van der Waals surface area contributed by atoms with E-state index in [2.05, 4.69) is 0 Å². The fourth-order valence-electron chi connectivity index (χ4n) is 4.70. The zero-order chi connectivity index (χ0) is 28.6. The average Bonchev–Trinajstić information content (AvgIpc) is 3.21. The lowest BCUT2D eigenvalue weighted by molar-refractivity contribution is -0.140. The number of amides is 1. The zero-order valence-electron chi connectivity index (χ0n) is 23.3. The third kappa shape index (κ3) is 6.13. The molecular weight excluding hydrogens is 510 g/mol. The van der Waals surface area contributed by atoms with E-state index < -0.39 is 17.7 Å². The molecule has 1 aliphatic rings. The highest BCUT2D eigenvalue weighted by molar-refractivity contribution is 6.46. The molecular formula is C32H35NO7. The highest BCUT2D eigenvalue weighted by atomic mass is 16.5. The van der Waals surface area contributed by atoms with Crippen LogP contribution in [0, 0.1) is 6.92 Å². The van der Waals surface area contributed by atoms with Crippen LogP contribution in [0.1, 0.15) is 42.1 Å². The minimum Gasteiger partial charge on any atom is -0.507 e. The predicted octanol–water partition coefficient (Wildman–Crippen LogP) is 5.44. The number of aliphatic hydroxyl groups is 1. The first-order chi connectivity index (χ1) is 19.4. The van der Waals surface area contributed by atoms with Gasteiger partial charge in [0.15, 0.2) is 0 Å². The molecule has 0 radical (unpaired) electrons. The molecule has 0 saturated carbocycles. The van der Waals surface area contributed by atoms with E-state index in [9.17, 15) is 14.7 Å². The Bertz CT molecular complexity index is 1380. The summed E-state index contributed by atoms with van der Waals surface area (Å²) in [6.07, 6.45) is 0. The van der Waals surface area contributed by atoms with Crippen molar-refractivity contribution in [2.75, 3.05) is 33.5 Å². The van der Waals surface area contributed by atoms with E-state index in [1.54, 1.807) is 42.5 Å². The summed E-state index contributed by atoms with van der Waals surface area (Å²) in [4.78, 5) is 27.9. The van der Waals surface area contributed by atoms with Gasteiger partial charge < -0.3 is 29.0 Å². The number of ketones is 1. The highest BCUT2D eigenvalue weighted by Crippen LogP contribution is 2.42. The fraction of sp³-hybridized carbons (Fsp3) is 0.312. The summed E-state index contributed by atoms with van der Waals surface area (Å²) in [5.74, 6) is -0.212. The fourth-order valence-corrected chi connectivity index (χ4v) is 4.70. The first-order valence-corrected chi connectivity index (χ1v) is 13.3. The number of carbonyl (C=O) groups is 2. The van der Waals surface area contributed by atoms with E-state index >= 15 is 0 Å². The van der Waals surface area contributed by atoms with Gasteiger partial charge in [0.1, 0.15) is 29.6 Å². The number of carbonyl (C=O) groups excluding carboxylic acids is 2. The Morgan fingerprint density at radius 1 is 0.900 bits per heavy atom. The lowest BCUT2D eigenvalue weighted by Gasteiger charge is -2.25. The predicted molar refractivity (Wildman–Crippen MR) is 152 cm³/mol. The molecule has 1 saturated heterocycles. The van der Waals surface area contributed by atoms with Crippen LogP contribution in [0.15, 0.2) is 72.3 Å². The monoisotopic (exact) mass is 545 g/mol. The molecule has 3 aromatic carbocycles. The van der Waals surface area contributed by atoms with E-state index in [-0.39, 0.29) is 24.5 Å². The summed E-state index contributed by atoms with van der Waals surface area (Å²) >= 11 is 0. The molecule has 0 bridgehead atoms. The maximum atomic E-state index is 13.3. The van der Waals surface area contributed by atoms with Gasteiger partial charge in [0.2, 0.25) is 0 Å². The Morgan fingerprint density at radius 2 is 1.60 bits per heavy atom. The lowest BCUT2D eigenvalue weighted by atomic mass is 9.95. The number of rotatable bonds is 12. The number of ether oxygens (including phenoxy) is 4. The summed E-state index contributed by atoms with van der Waals surface area (Å²) in [5.41, 5.74) is 3.17. The van der Waals surface area contributed by atoms with Gasteiger partial charge in [-0.05, 0) is 61.7 Å². The molecule has 1 amide bonds. The number of likely N-dealkylation sites (tertiary alicyclic amines) is 1. The van der Waals surface area contributed by atoms with Crippen molar-refractivity contribution in [2.24, 2.45) is 0 Å². The van der Waals surface area contributed by atoms with Crippen LogP contribution in [0.4, 0.5) is 0 Å². The molecule has 4 rings (SSSR count). The quantitative estimate of drug-likeness (QED) is 0.184. The Morgan fingerprint density at radius 3 is 2.27 bits per heavy atom. The molecule has 1 fully saturated rings. The molecule has 1 atom stereocenters. The highest BCUT2D eigenvalue weighted by Gasteiger charge is 2.46. The number of nitrogens with zero attached hydrogens (tertiary/aromatic N) is 1. The van der Waals surface area contributed by atoms with E-state index in [0.717, 1.165) is 11.1 Å². The van der Waals surface area contributed by atoms with Crippen molar-refractivity contribution < 1.29 is 33.6 Å². The molecule has 0 aromatic heterocycles. The average molecular weight is 546 g/mol. The standard InChI is InChI=1S/C32H35NO7/c1-5-38-25-15-16-26(27(19-25)39-6-2)30(34)28-29(33(17-18-37-4)32(36)31(28)35)22-11-13-24(14-12-22)40-20-23-10-8-7-9-21(23)3/h7-16,19,29,34H,5-6,17-18,20H2,1-4H3/b30-28-. The molecule has 1 unspecified atom stereocenters. The van der Waals surface area contributed by atoms with Crippen molar-refractivity contribution in [3.05, 3.63) is 94.6 Å². The van der Waals surface area contributed by atoms with Gasteiger partial charge in [-0.2, -0.15) is 0 Å².